The van der Waals surface area contributed by atoms with E-state index in [1.165, 1.54) is 34.4 Å². The second kappa shape index (κ2) is 6.91. The molecule has 4 rings (SSSR count). The topological polar surface area (TPSA) is 72.0 Å². The lowest BCUT2D eigenvalue weighted by Gasteiger charge is -2.10. The number of anilines is 1. The number of thiazole rings is 1. The zero-order valence-electron chi connectivity index (χ0n) is 12.8. The van der Waals surface area contributed by atoms with Crippen molar-refractivity contribution in [1.29, 1.82) is 0 Å². The standard InChI is InChI=1S/C17H11N3O2S3/c21-13(14-6-12-17(25-14)23-9-15(22)20-12)4-3-11-8-19-16(24-11)10-2-1-5-18-7-10/h1-8H,9H2,(H,20,22)/b4-3+. The van der Waals surface area contributed by atoms with Crippen LogP contribution < -0.4 is 5.32 Å². The molecule has 124 valence electrons. The monoisotopic (exact) mass is 385 g/mol. The van der Waals surface area contributed by atoms with Gasteiger partial charge >= 0.3 is 0 Å². The molecular weight excluding hydrogens is 374 g/mol. The van der Waals surface area contributed by atoms with Crippen molar-refractivity contribution in [3.05, 3.63) is 52.6 Å². The Hall–Kier alpha value is -2.29. The summed E-state index contributed by atoms with van der Waals surface area (Å²) >= 11 is 4.38. The van der Waals surface area contributed by atoms with Gasteiger partial charge in [0.1, 0.15) is 5.01 Å². The number of pyridine rings is 1. The van der Waals surface area contributed by atoms with Gasteiger partial charge in [-0.2, -0.15) is 0 Å². The number of hydrogen-bond donors (Lipinski definition) is 1. The van der Waals surface area contributed by atoms with Gasteiger partial charge in [-0.25, -0.2) is 4.98 Å². The molecule has 3 aromatic heterocycles. The van der Waals surface area contributed by atoms with Crippen LogP contribution in [0.25, 0.3) is 16.6 Å². The Morgan fingerprint density at radius 3 is 3.04 bits per heavy atom. The number of fused-ring (bicyclic) bond motifs is 1. The highest BCUT2D eigenvalue weighted by Crippen LogP contribution is 2.39. The smallest absolute Gasteiger partial charge is 0.234 e. The van der Waals surface area contributed by atoms with Gasteiger partial charge in [0.15, 0.2) is 5.78 Å². The number of carbonyl (C=O) groups is 2. The predicted molar refractivity (Wildman–Crippen MR) is 102 cm³/mol. The summed E-state index contributed by atoms with van der Waals surface area (Å²) in [5, 5.41) is 3.66. The first-order chi connectivity index (χ1) is 12.2. The summed E-state index contributed by atoms with van der Waals surface area (Å²) in [5.41, 5.74) is 1.69. The Kier molecular flexibility index (Phi) is 4.48. The lowest BCUT2D eigenvalue weighted by atomic mass is 10.3. The van der Waals surface area contributed by atoms with Crippen LogP contribution in [0.15, 0.2) is 47.1 Å². The first-order valence-corrected chi connectivity index (χ1v) is 9.96. The Bertz CT molecular complexity index is 976. The quantitative estimate of drug-likeness (QED) is 0.538. The highest BCUT2D eigenvalue weighted by molar-refractivity contribution is 8.02. The molecule has 0 bridgehead atoms. The number of aromatic nitrogens is 2. The van der Waals surface area contributed by atoms with Crippen molar-refractivity contribution in [2.75, 3.05) is 11.1 Å². The molecule has 0 saturated carbocycles. The van der Waals surface area contributed by atoms with Gasteiger partial charge in [-0.1, -0.05) is 0 Å². The minimum absolute atomic E-state index is 0.0302. The zero-order valence-corrected chi connectivity index (χ0v) is 15.2. The van der Waals surface area contributed by atoms with E-state index >= 15 is 0 Å². The Morgan fingerprint density at radius 2 is 2.20 bits per heavy atom. The molecule has 0 spiro atoms. The van der Waals surface area contributed by atoms with Gasteiger partial charge in [-0.3, -0.25) is 14.6 Å². The molecule has 1 amide bonds. The van der Waals surface area contributed by atoms with Crippen molar-refractivity contribution < 1.29 is 9.59 Å². The van der Waals surface area contributed by atoms with Crippen LogP contribution in [0.3, 0.4) is 0 Å². The maximum Gasteiger partial charge on any atom is 0.234 e. The average Bonchev–Trinajstić information content (AvgIpc) is 3.27. The molecule has 25 heavy (non-hydrogen) atoms. The van der Waals surface area contributed by atoms with Gasteiger partial charge in [0.05, 0.1) is 20.5 Å². The average molecular weight is 385 g/mol. The molecule has 5 nitrogen and oxygen atoms in total. The third kappa shape index (κ3) is 3.55. The van der Waals surface area contributed by atoms with E-state index in [2.05, 4.69) is 15.3 Å². The number of carbonyl (C=O) groups excluding carboxylic acids is 2. The molecule has 0 aliphatic carbocycles. The summed E-state index contributed by atoms with van der Waals surface area (Å²) in [7, 11) is 0. The van der Waals surface area contributed by atoms with Crippen molar-refractivity contribution in [2.45, 2.75) is 4.21 Å². The van der Waals surface area contributed by atoms with Crippen LogP contribution in [-0.4, -0.2) is 27.4 Å². The van der Waals surface area contributed by atoms with Gasteiger partial charge in [-0.05, 0) is 30.4 Å². The van der Waals surface area contributed by atoms with Crippen molar-refractivity contribution in [3.63, 3.8) is 0 Å². The van der Waals surface area contributed by atoms with Crippen LogP contribution in [0.1, 0.15) is 14.5 Å². The van der Waals surface area contributed by atoms with Crippen molar-refractivity contribution in [3.8, 4) is 10.6 Å². The van der Waals surface area contributed by atoms with E-state index in [0.717, 1.165) is 25.3 Å². The minimum Gasteiger partial charge on any atom is -0.324 e. The maximum absolute atomic E-state index is 12.4. The Balaban J connectivity index is 1.50. The van der Waals surface area contributed by atoms with E-state index in [-0.39, 0.29) is 11.7 Å². The first-order valence-electron chi connectivity index (χ1n) is 7.34. The number of hydrogen-bond acceptors (Lipinski definition) is 7. The highest BCUT2D eigenvalue weighted by atomic mass is 32.2. The number of nitrogens with one attached hydrogen (secondary N) is 1. The SMILES string of the molecule is O=C1CSc2sc(C(=O)/C=C/c3cnc(-c4cccnc4)s3)cc2N1. The van der Waals surface area contributed by atoms with Gasteiger partial charge in [0.2, 0.25) is 5.91 Å². The fraction of sp³-hybridized carbons (Fsp3) is 0.0588. The summed E-state index contributed by atoms with van der Waals surface area (Å²) in [5.74, 6) is 0.289. The van der Waals surface area contributed by atoms with Gasteiger partial charge in [0, 0.05) is 29.0 Å². The van der Waals surface area contributed by atoms with Crippen LogP contribution in [0.5, 0.6) is 0 Å². The maximum atomic E-state index is 12.4. The predicted octanol–water partition coefficient (Wildman–Crippen LogP) is 4.21. The number of thioether (sulfide) groups is 1. The van der Waals surface area contributed by atoms with Crippen LogP contribution >= 0.6 is 34.4 Å². The summed E-state index contributed by atoms with van der Waals surface area (Å²) in [6.45, 7) is 0. The summed E-state index contributed by atoms with van der Waals surface area (Å²) in [6.07, 6.45) is 8.54. The van der Waals surface area contributed by atoms with E-state index in [1.807, 2.05) is 12.1 Å². The number of ketones is 1. The van der Waals surface area contributed by atoms with E-state index < -0.39 is 0 Å². The van der Waals surface area contributed by atoms with E-state index in [1.54, 1.807) is 36.8 Å². The molecule has 0 radical (unpaired) electrons. The first kappa shape index (κ1) is 16.2. The second-order valence-electron chi connectivity index (χ2n) is 5.16. The van der Waals surface area contributed by atoms with Gasteiger partial charge < -0.3 is 5.32 Å². The van der Waals surface area contributed by atoms with Crippen molar-refractivity contribution in [1.82, 2.24) is 9.97 Å². The van der Waals surface area contributed by atoms with Gasteiger partial charge in [0.25, 0.3) is 0 Å². The second-order valence-corrected chi connectivity index (χ2v) is 8.51. The molecule has 0 atom stereocenters. The Labute approximate surface area is 155 Å². The molecule has 0 saturated heterocycles. The Morgan fingerprint density at radius 1 is 1.28 bits per heavy atom. The van der Waals surface area contributed by atoms with Crippen LogP contribution in [-0.2, 0) is 4.79 Å². The molecule has 1 N–H and O–H groups in total. The normalized spacial score (nSPS) is 13.7. The summed E-state index contributed by atoms with van der Waals surface area (Å²) < 4.78 is 0.980. The molecule has 0 unspecified atom stereocenters. The fourth-order valence-electron chi connectivity index (χ4n) is 2.23. The molecule has 4 heterocycles. The lowest BCUT2D eigenvalue weighted by Crippen LogP contribution is -2.17. The van der Waals surface area contributed by atoms with Crippen LogP contribution in [0.4, 0.5) is 5.69 Å². The van der Waals surface area contributed by atoms with Crippen molar-refractivity contribution >= 4 is 57.9 Å². The molecular formula is C17H11N3O2S3. The zero-order chi connectivity index (χ0) is 17.2. The molecule has 3 aromatic rings. The molecule has 8 heteroatoms. The molecule has 1 aliphatic rings. The molecule has 0 aromatic carbocycles. The van der Waals surface area contributed by atoms with Crippen LogP contribution in [0, 0.1) is 0 Å². The highest BCUT2D eigenvalue weighted by Gasteiger charge is 2.20. The third-order valence-electron chi connectivity index (χ3n) is 3.38. The van der Waals surface area contributed by atoms with Gasteiger partial charge in [-0.15, -0.1) is 34.4 Å². The number of allylic oxidation sites excluding steroid dienone is 1. The fourth-order valence-corrected chi connectivity index (χ4v) is 5.09. The molecule has 0 fully saturated rings. The van der Waals surface area contributed by atoms with E-state index in [4.69, 9.17) is 0 Å². The van der Waals surface area contributed by atoms with Crippen molar-refractivity contribution in [2.24, 2.45) is 0 Å². The third-order valence-corrected chi connectivity index (χ3v) is 6.83. The number of rotatable bonds is 4. The number of amides is 1. The number of nitrogens with zero attached hydrogens (tertiary/aromatic N) is 2. The largest absolute Gasteiger partial charge is 0.324 e. The number of thiophene rings is 1. The van der Waals surface area contributed by atoms with E-state index in [9.17, 15) is 9.59 Å². The lowest BCUT2D eigenvalue weighted by molar-refractivity contribution is -0.113. The minimum atomic E-state index is -0.0782. The van der Waals surface area contributed by atoms with Crippen LogP contribution in [0.2, 0.25) is 0 Å². The van der Waals surface area contributed by atoms with E-state index in [0.29, 0.717) is 10.6 Å². The summed E-state index contributed by atoms with van der Waals surface area (Å²) in [4.78, 5) is 33.7. The molecule has 1 aliphatic heterocycles. The summed E-state index contributed by atoms with van der Waals surface area (Å²) in [6, 6.07) is 5.56.